The number of hydrogen-bond acceptors (Lipinski definition) is 4. The van der Waals surface area contributed by atoms with Gasteiger partial charge in [-0.25, -0.2) is 0 Å². The largest absolute Gasteiger partial charge is 0.490 e. The van der Waals surface area contributed by atoms with Gasteiger partial charge in [0.1, 0.15) is 17.6 Å². The van der Waals surface area contributed by atoms with Gasteiger partial charge in [0.25, 0.3) is 5.91 Å². The molecule has 0 aliphatic carbocycles. The lowest BCUT2D eigenvalue weighted by Gasteiger charge is -2.29. The Balaban J connectivity index is 1.37. The van der Waals surface area contributed by atoms with Crippen molar-refractivity contribution in [3.8, 4) is 11.5 Å². The first kappa shape index (κ1) is 21.2. The Kier molecular flexibility index (Phi) is 6.73. The number of ether oxygens (including phenoxy) is 2. The van der Waals surface area contributed by atoms with Gasteiger partial charge in [0.05, 0.1) is 0 Å². The molecule has 1 fully saturated rings. The van der Waals surface area contributed by atoms with Gasteiger partial charge >= 0.3 is 0 Å². The van der Waals surface area contributed by atoms with Gasteiger partial charge in [-0.15, -0.1) is 0 Å². The summed E-state index contributed by atoms with van der Waals surface area (Å²) in [5.41, 5.74) is 0.737. The summed E-state index contributed by atoms with van der Waals surface area (Å²) in [6.45, 7) is 4.08. The molecule has 3 aromatic rings. The minimum Gasteiger partial charge on any atom is -0.490 e. The average Bonchev–Trinajstić information content (AvgIpc) is 2.80. The van der Waals surface area contributed by atoms with Crippen LogP contribution in [0.15, 0.2) is 66.7 Å². The third kappa shape index (κ3) is 5.36. The Hall–Kier alpha value is -3.05. The molecule has 4 rings (SSSR count). The van der Waals surface area contributed by atoms with E-state index in [1.807, 2.05) is 73.7 Å². The predicted octanol–water partition coefficient (Wildman–Crippen LogP) is 5.11. The van der Waals surface area contributed by atoms with Crippen LogP contribution in [0.25, 0.3) is 10.8 Å². The molecule has 0 aromatic heterocycles. The molecule has 0 bridgehead atoms. The van der Waals surface area contributed by atoms with E-state index in [1.54, 1.807) is 0 Å². The molecule has 1 N–H and O–H groups in total. The lowest BCUT2D eigenvalue weighted by atomic mass is 10.1. The zero-order valence-electron chi connectivity index (χ0n) is 18.2. The van der Waals surface area contributed by atoms with Crippen LogP contribution in [0.3, 0.4) is 0 Å². The molecule has 1 atom stereocenters. The summed E-state index contributed by atoms with van der Waals surface area (Å²) in [4.78, 5) is 15.2. The molecule has 0 spiro atoms. The van der Waals surface area contributed by atoms with Crippen LogP contribution in [0.4, 0.5) is 5.69 Å². The first-order valence-corrected chi connectivity index (χ1v) is 11.0. The molecule has 1 amide bonds. The van der Waals surface area contributed by atoms with E-state index in [0.717, 1.165) is 53.9 Å². The zero-order valence-corrected chi connectivity index (χ0v) is 18.2. The maximum absolute atomic E-state index is 12.8. The van der Waals surface area contributed by atoms with Crippen molar-refractivity contribution in [2.75, 3.05) is 25.5 Å². The summed E-state index contributed by atoms with van der Waals surface area (Å²) in [6, 6.07) is 21.5. The lowest BCUT2D eigenvalue weighted by Crippen LogP contribution is -2.35. The summed E-state index contributed by atoms with van der Waals surface area (Å²) in [6.07, 6.45) is 2.35. The van der Waals surface area contributed by atoms with Crippen LogP contribution in [0.5, 0.6) is 11.5 Å². The highest BCUT2D eigenvalue weighted by atomic mass is 16.5. The van der Waals surface area contributed by atoms with E-state index in [4.69, 9.17) is 9.47 Å². The molecule has 1 aliphatic rings. The van der Waals surface area contributed by atoms with Gasteiger partial charge in [0.2, 0.25) is 0 Å². The lowest BCUT2D eigenvalue weighted by molar-refractivity contribution is -0.122. The van der Waals surface area contributed by atoms with Gasteiger partial charge in [0.15, 0.2) is 6.10 Å². The fourth-order valence-corrected chi connectivity index (χ4v) is 3.91. The number of carbonyl (C=O) groups is 1. The number of piperidine rings is 1. The SMILES string of the molecule is CC[C@H](Oc1cccc2ccccc12)C(=O)Nc1ccc(OC2CCN(C)CC2)cc1. The zero-order chi connectivity index (χ0) is 21.6. The molecule has 1 saturated heterocycles. The van der Waals surface area contributed by atoms with Gasteiger partial charge < -0.3 is 19.7 Å². The van der Waals surface area contributed by atoms with E-state index >= 15 is 0 Å². The maximum Gasteiger partial charge on any atom is 0.265 e. The summed E-state index contributed by atoms with van der Waals surface area (Å²) < 4.78 is 12.2. The normalized spacial score (nSPS) is 16.1. The molecule has 3 aromatic carbocycles. The molecule has 5 heteroatoms. The van der Waals surface area contributed by atoms with Crippen molar-refractivity contribution in [1.29, 1.82) is 0 Å². The molecule has 0 saturated carbocycles. The molecule has 1 aliphatic heterocycles. The Labute approximate surface area is 184 Å². The number of anilines is 1. The second-order valence-electron chi connectivity index (χ2n) is 8.13. The number of rotatable bonds is 7. The predicted molar refractivity (Wildman–Crippen MR) is 125 cm³/mol. The van der Waals surface area contributed by atoms with Crippen molar-refractivity contribution in [2.24, 2.45) is 0 Å². The molecular formula is C26H30N2O3. The molecule has 162 valence electrons. The number of carbonyl (C=O) groups excluding carboxylic acids is 1. The van der Waals surface area contributed by atoms with Crippen molar-refractivity contribution in [3.05, 3.63) is 66.7 Å². The second-order valence-corrected chi connectivity index (χ2v) is 8.13. The Morgan fingerprint density at radius 2 is 1.74 bits per heavy atom. The standard InChI is InChI=1S/C26H30N2O3/c1-3-24(31-25-10-6-8-19-7-4-5-9-23(19)25)26(29)27-20-11-13-21(14-12-20)30-22-15-17-28(2)18-16-22/h4-14,22,24H,3,15-18H2,1-2H3,(H,27,29)/t24-/m0/s1. The highest BCUT2D eigenvalue weighted by Crippen LogP contribution is 2.27. The molecule has 5 nitrogen and oxygen atoms in total. The smallest absolute Gasteiger partial charge is 0.265 e. The first-order valence-electron chi connectivity index (χ1n) is 11.0. The third-order valence-corrected chi connectivity index (χ3v) is 5.77. The topological polar surface area (TPSA) is 50.8 Å². The third-order valence-electron chi connectivity index (χ3n) is 5.77. The van der Waals surface area contributed by atoms with Crippen LogP contribution in [0, 0.1) is 0 Å². The number of fused-ring (bicyclic) bond motifs is 1. The number of nitrogens with zero attached hydrogens (tertiary/aromatic N) is 1. The summed E-state index contributed by atoms with van der Waals surface area (Å²) >= 11 is 0. The fourth-order valence-electron chi connectivity index (χ4n) is 3.91. The van der Waals surface area contributed by atoms with Crippen LogP contribution >= 0.6 is 0 Å². The minimum absolute atomic E-state index is 0.153. The quantitative estimate of drug-likeness (QED) is 0.579. The van der Waals surface area contributed by atoms with Crippen molar-refractivity contribution < 1.29 is 14.3 Å². The number of amides is 1. The van der Waals surface area contributed by atoms with Crippen LogP contribution < -0.4 is 14.8 Å². The highest BCUT2D eigenvalue weighted by molar-refractivity contribution is 5.95. The molecular weight excluding hydrogens is 388 g/mol. The summed E-state index contributed by atoms with van der Waals surface area (Å²) in [7, 11) is 2.14. The van der Waals surface area contributed by atoms with Crippen molar-refractivity contribution >= 4 is 22.4 Å². The van der Waals surface area contributed by atoms with E-state index < -0.39 is 6.10 Å². The molecule has 31 heavy (non-hydrogen) atoms. The molecule has 1 heterocycles. The molecule has 0 unspecified atom stereocenters. The van der Waals surface area contributed by atoms with Crippen LogP contribution in [-0.4, -0.2) is 43.2 Å². The maximum atomic E-state index is 12.8. The van der Waals surface area contributed by atoms with E-state index in [1.165, 1.54) is 0 Å². The average molecular weight is 419 g/mol. The van der Waals surface area contributed by atoms with Gasteiger partial charge in [-0.3, -0.25) is 4.79 Å². The Morgan fingerprint density at radius 1 is 1.03 bits per heavy atom. The van der Waals surface area contributed by atoms with Gasteiger partial charge in [-0.05, 0) is 62.0 Å². The van der Waals surface area contributed by atoms with Crippen molar-refractivity contribution in [1.82, 2.24) is 4.90 Å². The van der Waals surface area contributed by atoms with Crippen LogP contribution in [0.1, 0.15) is 26.2 Å². The van der Waals surface area contributed by atoms with Crippen molar-refractivity contribution in [2.45, 2.75) is 38.4 Å². The summed E-state index contributed by atoms with van der Waals surface area (Å²) in [5, 5.41) is 5.07. The van der Waals surface area contributed by atoms with Gasteiger partial charge in [-0.2, -0.15) is 0 Å². The monoisotopic (exact) mass is 418 g/mol. The second kappa shape index (κ2) is 9.84. The van der Waals surface area contributed by atoms with E-state index in [2.05, 4.69) is 17.3 Å². The van der Waals surface area contributed by atoms with E-state index in [9.17, 15) is 4.79 Å². The number of benzene rings is 3. The van der Waals surface area contributed by atoms with E-state index in [0.29, 0.717) is 6.42 Å². The van der Waals surface area contributed by atoms with Crippen LogP contribution in [0.2, 0.25) is 0 Å². The van der Waals surface area contributed by atoms with Gasteiger partial charge in [0, 0.05) is 24.2 Å². The van der Waals surface area contributed by atoms with Crippen molar-refractivity contribution in [3.63, 3.8) is 0 Å². The van der Waals surface area contributed by atoms with E-state index in [-0.39, 0.29) is 12.0 Å². The molecule has 0 radical (unpaired) electrons. The number of likely N-dealkylation sites (tertiary alicyclic amines) is 1. The number of nitrogens with one attached hydrogen (secondary N) is 1. The minimum atomic E-state index is -0.569. The number of hydrogen-bond donors (Lipinski definition) is 1. The van der Waals surface area contributed by atoms with Gasteiger partial charge in [-0.1, -0.05) is 43.3 Å². The van der Waals surface area contributed by atoms with Crippen LogP contribution in [-0.2, 0) is 4.79 Å². The summed E-state index contributed by atoms with van der Waals surface area (Å²) in [5.74, 6) is 1.41. The fraction of sp³-hybridized carbons (Fsp3) is 0.346. The first-order chi connectivity index (χ1) is 15.1. The highest BCUT2D eigenvalue weighted by Gasteiger charge is 2.20. The Bertz CT molecular complexity index is 1010. The Morgan fingerprint density at radius 3 is 2.48 bits per heavy atom.